The predicted molar refractivity (Wildman–Crippen MR) is 78.4 cm³/mol. The summed E-state index contributed by atoms with van der Waals surface area (Å²) in [7, 11) is 0. The van der Waals surface area contributed by atoms with Crippen LogP contribution in [0.4, 0.5) is 15.9 Å². The molecule has 106 valence electrons. The maximum absolute atomic E-state index is 13.1. The van der Waals surface area contributed by atoms with E-state index in [2.05, 4.69) is 20.2 Å². The van der Waals surface area contributed by atoms with E-state index in [4.69, 9.17) is 23.2 Å². The molecule has 0 aliphatic heterocycles. The van der Waals surface area contributed by atoms with Gasteiger partial charge in [-0.05, 0) is 24.3 Å². The van der Waals surface area contributed by atoms with Crippen LogP contribution in [0, 0.1) is 5.82 Å². The molecular weight excluding hydrogens is 318 g/mol. The highest BCUT2D eigenvalue weighted by Crippen LogP contribution is 2.37. The van der Waals surface area contributed by atoms with E-state index >= 15 is 0 Å². The molecule has 8 heteroatoms. The van der Waals surface area contributed by atoms with Crippen LogP contribution in [0.5, 0.6) is 5.88 Å². The second-order valence-electron chi connectivity index (χ2n) is 4.17. The molecule has 0 spiro atoms. The van der Waals surface area contributed by atoms with Crippen LogP contribution in [0.1, 0.15) is 0 Å². The van der Waals surface area contributed by atoms with Crippen molar-refractivity contribution in [3.63, 3.8) is 0 Å². The lowest BCUT2D eigenvalue weighted by Gasteiger charge is -1.96. The highest BCUT2D eigenvalue weighted by atomic mass is 35.5. The third-order valence-electron chi connectivity index (χ3n) is 2.75. The summed E-state index contributed by atoms with van der Waals surface area (Å²) in [6.45, 7) is 0. The molecule has 0 aliphatic carbocycles. The van der Waals surface area contributed by atoms with Crippen molar-refractivity contribution in [2.24, 2.45) is 10.2 Å². The third-order valence-corrected chi connectivity index (χ3v) is 3.23. The lowest BCUT2D eigenvalue weighted by Crippen LogP contribution is -1.75. The first-order chi connectivity index (χ1) is 10.0. The van der Waals surface area contributed by atoms with E-state index in [1.807, 2.05) is 0 Å². The highest BCUT2D eigenvalue weighted by molar-refractivity contribution is 6.35. The van der Waals surface area contributed by atoms with Gasteiger partial charge in [-0.15, -0.1) is 10.2 Å². The summed E-state index contributed by atoms with van der Waals surface area (Å²) in [5, 5.41) is 18.7. The predicted octanol–water partition coefficient (Wildman–Crippen LogP) is 5.13. The average Bonchev–Trinajstić information content (AvgIpc) is 2.72. The first kappa shape index (κ1) is 13.8. The number of pyridine rings is 1. The van der Waals surface area contributed by atoms with Gasteiger partial charge in [0.1, 0.15) is 5.82 Å². The van der Waals surface area contributed by atoms with Gasteiger partial charge in [0.25, 0.3) is 0 Å². The number of aromatic amines is 1. The van der Waals surface area contributed by atoms with Gasteiger partial charge in [0, 0.05) is 11.6 Å². The summed E-state index contributed by atoms with van der Waals surface area (Å²) in [5.41, 5.74) is 0.592. The molecule has 0 aliphatic rings. The van der Waals surface area contributed by atoms with E-state index in [1.54, 1.807) is 0 Å². The van der Waals surface area contributed by atoms with Crippen molar-refractivity contribution in [1.82, 2.24) is 9.97 Å². The van der Waals surface area contributed by atoms with Gasteiger partial charge in [-0.3, -0.25) is 0 Å². The molecule has 1 aromatic carbocycles. The van der Waals surface area contributed by atoms with E-state index < -0.39 is 5.82 Å². The molecule has 3 aromatic rings. The minimum Gasteiger partial charge on any atom is -0.493 e. The van der Waals surface area contributed by atoms with Gasteiger partial charge in [0.2, 0.25) is 5.88 Å². The van der Waals surface area contributed by atoms with Crippen molar-refractivity contribution in [2.45, 2.75) is 0 Å². The summed E-state index contributed by atoms with van der Waals surface area (Å²) in [4.78, 5) is 6.54. The fourth-order valence-electron chi connectivity index (χ4n) is 1.82. The van der Waals surface area contributed by atoms with Crippen molar-refractivity contribution < 1.29 is 9.50 Å². The highest BCUT2D eigenvalue weighted by Gasteiger charge is 2.11. The van der Waals surface area contributed by atoms with Crippen LogP contribution in [0.15, 0.2) is 40.7 Å². The molecule has 0 bridgehead atoms. The van der Waals surface area contributed by atoms with E-state index in [-0.39, 0.29) is 22.4 Å². The minimum atomic E-state index is -0.422. The number of fused-ring (bicyclic) bond motifs is 1. The molecule has 0 saturated heterocycles. The van der Waals surface area contributed by atoms with Crippen LogP contribution in [-0.2, 0) is 0 Å². The fourth-order valence-corrected chi connectivity index (χ4v) is 2.24. The second-order valence-corrected chi connectivity index (χ2v) is 5.01. The molecule has 5 nitrogen and oxygen atoms in total. The molecule has 2 N–H and O–H groups in total. The monoisotopic (exact) mass is 324 g/mol. The Morgan fingerprint density at radius 3 is 2.76 bits per heavy atom. The number of halogens is 3. The maximum atomic E-state index is 13.1. The van der Waals surface area contributed by atoms with Crippen LogP contribution in [0.2, 0.25) is 10.0 Å². The summed E-state index contributed by atoms with van der Waals surface area (Å²) >= 11 is 11.7. The Balaban J connectivity index is 2.05. The molecule has 21 heavy (non-hydrogen) atoms. The SMILES string of the molecule is Oc1[nH]c2cc(F)ccc2c1N=Nc1ncc(Cl)cc1Cl. The van der Waals surface area contributed by atoms with Gasteiger partial charge in [0.15, 0.2) is 11.5 Å². The van der Waals surface area contributed by atoms with Gasteiger partial charge in [-0.1, -0.05) is 23.2 Å². The van der Waals surface area contributed by atoms with Crippen molar-refractivity contribution >= 4 is 45.6 Å². The van der Waals surface area contributed by atoms with Gasteiger partial charge in [-0.2, -0.15) is 0 Å². The Labute approximate surface area is 128 Å². The van der Waals surface area contributed by atoms with Gasteiger partial charge in [-0.25, -0.2) is 9.37 Å². The van der Waals surface area contributed by atoms with Crippen molar-refractivity contribution in [3.05, 3.63) is 46.3 Å². The summed E-state index contributed by atoms with van der Waals surface area (Å²) in [6.07, 6.45) is 1.38. The Kier molecular flexibility index (Phi) is 3.48. The molecule has 2 heterocycles. The number of aromatic hydroxyl groups is 1. The number of aromatic nitrogens is 2. The van der Waals surface area contributed by atoms with Crippen LogP contribution in [-0.4, -0.2) is 15.1 Å². The van der Waals surface area contributed by atoms with Gasteiger partial charge < -0.3 is 10.1 Å². The van der Waals surface area contributed by atoms with E-state index in [0.717, 1.165) is 0 Å². The van der Waals surface area contributed by atoms with Crippen LogP contribution in [0.3, 0.4) is 0 Å². The Morgan fingerprint density at radius 1 is 1.19 bits per heavy atom. The van der Waals surface area contributed by atoms with Gasteiger partial charge >= 0.3 is 0 Å². The summed E-state index contributed by atoms with van der Waals surface area (Å²) in [5.74, 6) is -0.476. The zero-order valence-electron chi connectivity index (χ0n) is 10.3. The number of benzene rings is 1. The van der Waals surface area contributed by atoms with Crippen molar-refractivity contribution in [2.75, 3.05) is 0 Å². The zero-order chi connectivity index (χ0) is 15.0. The Hall–Kier alpha value is -2.18. The van der Waals surface area contributed by atoms with Crippen LogP contribution in [0.25, 0.3) is 10.9 Å². The van der Waals surface area contributed by atoms with Gasteiger partial charge in [0.05, 0.1) is 15.6 Å². The number of rotatable bonds is 2. The largest absolute Gasteiger partial charge is 0.493 e. The normalized spacial score (nSPS) is 11.6. The molecule has 0 unspecified atom stereocenters. The third kappa shape index (κ3) is 2.68. The molecular formula is C13H7Cl2FN4O. The first-order valence-electron chi connectivity index (χ1n) is 5.77. The molecule has 0 amide bonds. The van der Waals surface area contributed by atoms with Crippen molar-refractivity contribution in [1.29, 1.82) is 0 Å². The molecule has 0 atom stereocenters. The average molecular weight is 325 g/mol. The molecule has 0 radical (unpaired) electrons. The maximum Gasteiger partial charge on any atom is 0.218 e. The van der Waals surface area contributed by atoms with Crippen molar-refractivity contribution in [3.8, 4) is 5.88 Å². The van der Waals surface area contributed by atoms with Crippen LogP contribution < -0.4 is 0 Å². The number of nitrogens with one attached hydrogen (secondary N) is 1. The standard InChI is InChI=1S/C13H7Cl2FN4O/c14-6-3-9(15)12(17-5-6)20-19-11-8-2-1-7(16)4-10(8)18-13(11)21/h1-5,18,21H. The first-order valence-corrected chi connectivity index (χ1v) is 6.53. The molecule has 2 aromatic heterocycles. The van der Waals surface area contributed by atoms with E-state index in [9.17, 15) is 9.50 Å². The lowest BCUT2D eigenvalue weighted by molar-refractivity contribution is 0.459. The van der Waals surface area contributed by atoms with Crippen LogP contribution >= 0.6 is 23.2 Å². The second kappa shape index (κ2) is 5.31. The Bertz CT molecular complexity index is 863. The quantitative estimate of drug-likeness (QED) is 0.641. The number of hydrogen-bond donors (Lipinski definition) is 2. The van der Waals surface area contributed by atoms with E-state index in [1.165, 1.54) is 30.5 Å². The molecule has 0 fully saturated rings. The number of nitrogens with zero attached hydrogens (tertiary/aromatic N) is 3. The summed E-state index contributed by atoms with van der Waals surface area (Å²) < 4.78 is 13.1. The summed E-state index contributed by atoms with van der Waals surface area (Å²) in [6, 6.07) is 5.49. The zero-order valence-corrected chi connectivity index (χ0v) is 11.8. The molecule has 3 rings (SSSR count). The topological polar surface area (TPSA) is 73.6 Å². The number of H-pyrrole nitrogens is 1. The molecule has 0 saturated carbocycles. The number of hydrogen-bond acceptors (Lipinski definition) is 4. The Morgan fingerprint density at radius 2 is 2.00 bits per heavy atom. The fraction of sp³-hybridized carbons (Fsp3) is 0. The van der Waals surface area contributed by atoms with E-state index in [0.29, 0.717) is 15.9 Å². The number of azo groups is 1. The minimum absolute atomic E-state index is 0.164. The lowest BCUT2D eigenvalue weighted by atomic mass is 10.2. The smallest absolute Gasteiger partial charge is 0.218 e.